The van der Waals surface area contributed by atoms with E-state index in [2.05, 4.69) is 41.5 Å². The second-order valence-electron chi connectivity index (χ2n) is 31.9. The molecule has 0 aromatic carbocycles. The topological polar surface area (TPSA) is 237 Å². The van der Waals surface area contributed by atoms with Gasteiger partial charge in [-0.1, -0.05) is 408 Å². The molecule has 0 radical (unpaired) electrons. The molecule has 0 heterocycles. The minimum Gasteiger partial charge on any atom is -0.462 e. The summed E-state index contributed by atoms with van der Waals surface area (Å²) in [5.74, 6) is -0.601. The highest BCUT2D eigenvalue weighted by molar-refractivity contribution is 7.47. The van der Waals surface area contributed by atoms with Gasteiger partial charge < -0.3 is 33.8 Å². The molecule has 0 aliphatic heterocycles. The molecule has 0 bridgehead atoms. The Balaban J connectivity index is 5.23. The van der Waals surface area contributed by atoms with Crippen LogP contribution in [-0.2, 0) is 65.4 Å². The molecular weight excluding hydrogens is 1370 g/mol. The van der Waals surface area contributed by atoms with Gasteiger partial charge in [0.05, 0.1) is 26.4 Å². The Bertz CT molecular complexity index is 2010. The molecule has 0 aliphatic rings. The van der Waals surface area contributed by atoms with Gasteiger partial charge >= 0.3 is 39.5 Å². The zero-order valence-electron chi connectivity index (χ0n) is 69.0. The third kappa shape index (κ3) is 79.9. The minimum absolute atomic E-state index is 0.107. The van der Waals surface area contributed by atoms with Gasteiger partial charge in [-0.05, 0) is 37.5 Å². The molecule has 0 aliphatic carbocycles. The molecule has 0 fully saturated rings. The van der Waals surface area contributed by atoms with E-state index < -0.39 is 97.5 Å². The van der Waals surface area contributed by atoms with Crippen LogP contribution in [-0.4, -0.2) is 96.7 Å². The molecule has 624 valence electrons. The number of phosphoric acid groups is 2. The number of unbranched alkanes of at least 4 members (excludes halogenated alkanes) is 55. The molecule has 2 unspecified atom stereocenters. The van der Waals surface area contributed by atoms with Crippen LogP contribution in [0.1, 0.15) is 459 Å². The van der Waals surface area contributed by atoms with Crippen molar-refractivity contribution < 1.29 is 80.2 Å². The third-order valence-electron chi connectivity index (χ3n) is 20.2. The monoisotopic (exact) mass is 1540 g/mol. The third-order valence-corrected chi connectivity index (χ3v) is 22.1. The van der Waals surface area contributed by atoms with E-state index in [0.29, 0.717) is 25.7 Å². The van der Waals surface area contributed by atoms with E-state index >= 15 is 0 Å². The van der Waals surface area contributed by atoms with E-state index in [1.807, 2.05) is 0 Å². The van der Waals surface area contributed by atoms with Crippen molar-refractivity contribution in [2.24, 2.45) is 11.8 Å². The number of aliphatic hydroxyl groups excluding tert-OH is 1. The largest absolute Gasteiger partial charge is 0.472 e. The van der Waals surface area contributed by atoms with Crippen LogP contribution in [0.15, 0.2) is 0 Å². The molecule has 0 spiro atoms. The van der Waals surface area contributed by atoms with Gasteiger partial charge in [0.15, 0.2) is 12.2 Å². The zero-order chi connectivity index (χ0) is 77.1. The van der Waals surface area contributed by atoms with Gasteiger partial charge in [-0.2, -0.15) is 0 Å². The van der Waals surface area contributed by atoms with E-state index in [1.165, 1.54) is 276 Å². The Kier molecular flexibility index (Phi) is 76.0. The summed E-state index contributed by atoms with van der Waals surface area (Å²) in [5, 5.41) is 10.7. The van der Waals surface area contributed by atoms with Crippen molar-refractivity contribution in [3.05, 3.63) is 0 Å². The van der Waals surface area contributed by atoms with Crippen molar-refractivity contribution in [1.29, 1.82) is 0 Å². The molecule has 0 saturated heterocycles. The lowest BCUT2D eigenvalue weighted by molar-refractivity contribution is -0.161. The summed E-state index contributed by atoms with van der Waals surface area (Å²) in [4.78, 5) is 73.2. The highest BCUT2D eigenvalue weighted by Crippen LogP contribution is 2.45. The number of hydrogen-bond acceptors (Lipinski definition) is 15. The van der Waals surface area contributed by atoms with E-state index in [1.54, 1.807) is 0 Å². The van der Waals surface area contributed by atoms with Gasteiger partial charge in [0.2, 0.25) is 0 Å². The van der Waals surface area contributed by atoms with Crippen LogP contribution < -0.4 is 0 Å². The maximum atomic E-state index is 13.1. The summed E-state index contributed by atoms with van der Waals surface area (Å²) in [6.45, 7) is 9.64. The predicted octanol–water partition coefficient (Wildman–Crippen LogP) is 26.2. The summed E-state index contributed by atoms with van der Waals surface area (Å²) < 4.78 is 68.9. The SMILES string of the molecule is CCCCCCCCCCCCCCCCCCCCCCCCC(=O)O[C@H](COC(=O)CCCCCCCCCCCCCCCCCCC)COP(=O)(O)OC[C@@H](O)COP(=O)(O)OC[C@@H](COC(=O)CCCCCCCCCCC(C)C)OC(=O)CCCCCCCCCCCCCCC(C)C. The van der Waals surface area contributed by atoms with Gasteiger partial charge in [-0.25, -0.2) is 9.13 Å². The minimum atomic E-state index is -4.97. The average Bonchev–Trinajstić information content (AvgIpc) is 0.905. The average molecular weight is 1540 g/mol. The lowest BCUT2D eigenvalue weighted by atomic mass is 10.0. The Morgan fingerprint density at radius 2 is 0.438 bits per heavy atom. The number of hydrogen-bond donors (Lipinski definition) is 3. The molecule has 3 N–H and O–H groups in total. The molecule has 105 heavy (non-hydrogen) atoms. The van der Waals surface area contributed by atoms with Crippen LogP contribution in [0.2, 0.25) is 0 Å². The second kappa shape index (κ2) is 77.4. The number of carbonyl (C=O) groups excluding carboxylic acids is 4. The van der Waals surface area contributed by atoms with Crippen LogP contribution >= 0.6 is 15.6 Å². The Morgan fingerprint density at radius 1 is 0.257 bits per heavy atom. The molecule has 0 rings (SSSR count). The van der Waals surface area contributed by atoms with Gasteiger partial charge in [0, 0.05) is 25.7 Å². The highest BCUT2D eigenvalue weighted by atomic mass is 31.2. The number of rotatable bonds is 85. The van der Waals surface area contributed by atoms with Crippen molar-refractivity contribution in [2.75, 3.05) is 39.6 Å². The van der Waals surface area contributed by atoms with Crippen molar-refractivity contribution in [2.45, 2.75) is 477 Å². The van der Waals surface area contributed by atoms with Gasteiger partial charge in [-0.3, -0.25) is 37.3 Å². The van der Waals surface area contributed by atoms with Crippen molar-refractivity contribution >= 4 is 39.5 Å². The maximum Gasteiger partial charge on any atom is 0.472 e. The molecular formula is C86H168O17P2. The Labute approximate surface area is 645 Å². The van der Waals surface area contributed by atoms with Crippen molar-refractivity contribution in [1.82, 2.24) is 0 Å². The number of aliphatic hydroxyl groups is 1. The van der Waals surface area contributed by atoms with E-state index in [0.717, 1.165) is 102 Å². The van der Waals surface area contributed by atoms with Gasteiger partial charge in [0.25, 0.3) is 0 Å². The fourth-order valence-electron chi connectivity index (χ4n) is 13.4. The fraction of sp³-hybridized carbons (Fsp3) is 0.953. The highest BCUT2D eigenvalue weighted by Gasteiger charge is 2.30. The van der Waals surface area contributed by atoms with Gasteiger partial charge in [-0.15, -0.1) is 0 Å². The molecule has 0 aromatic heterocycles. The van der Waals surface area contributed by atoms with Crippen molar-refractivity contribution in [3.8, 4) is 0 Å². The smallest absolute Gasteiger partial charge is 0.462 e. The summed E-state index contributed by atoms with van der Waals surface area (Å²) in [5.41, 5.74) is 0. The van der Waals surface area contributed by atoms with E-state index in [4.69, 9.17) is 37.0 Å². The number of phosphoric ester groups is 2. The summed E-state index contributed by atoms with van der Waals surface area (Å²) >= 11 is 0. The van der Waals surface area contributed by atoms with Crippen LogP contribution in [0.4, 0.5) is 0 Å². The molecule has 5 atom stereocenters. The molecule has 0 aromatic rings. The fourth-order valence-corrected chi connectivity index (χ4v) is 15.0. The molecule has 0 amide bonds. The van der Waals surface area contributed by atoms with Crippen LogP contribution in [0.5, 0.6) is 0 Å². The van der Waals surface area contributed by atoms with Gasteiger partial charge in [0.1, 0.15) is 19.3 Å². The van der Waals surface area contributed by atoms with E-state index in [-0.39, 0.29) is 25.7 Å². The first-order valence-corrected chi connectivity index (χ1v) is 47.5. The first-order chi connectivity index (χ1) is 50.9. The molecule has 17 nitrogen and oxygen atoms in total. The predicted molar refractivity (Wildman–Crippen MR) is 432 cm³/mol. The maximum absolute atomic E-state index is 13.1. The van der Waals surface area contributed by atoms with Crippen molar-refractivity contribution in [3.63, 3.8) is 0 Å². The first kappa shape index (κ1) is 103. The number of ether oxygens (including phenoxy) is 4. The normalized spacial score (nSPS) is 13.8. The lowest BCUT2D eigenvalue weighted by Gasteiger charge is -2.21. The van der Waals surface area contributed by atoms with Crippen LogP contribution in [0.25, 0.3) is 0 Å². The number of esters is 4. The van der Waals surface area contributed by atoms with Crippen LogP contribution in [0, 0.1) is 11.8 Å². The summed E-state index contributed by atoms with van der Waals surface area (Å²) in [6.07, 6.45) is 69.6. The Hall–Kier alpha value is -1.94. The first-order valence-electron chi connectivity index (χ1n) is 44.5. The summed E-state index contributed by atoms with van der Waals surface area (Å²) in [6, 6.07) is 0. The lowest BCUT2D eigenvalue weighted by Crippen LogP contribution is -2.30. The Morgan fingerprint density at radius 3 is 0.648 bits per heavy atom. The number of carbonyl (C=O) groups is 4. The second-order valence-corrected chi connectivity index (χ2v) is 34.8. The standard InChI is InChI=1S/C86H168O17P2/c1-7-9-11-13-15-17-19-21-23-25-26-27-28-29-31-33-35-40-44-52-58-64-70-85(90)102-81(74-96-83(88)68-62-56-50-43-39-34-32-30-24-22-20-18-16-14-12-10-8-2)76-100-104(92,93)98-72-80(87)73-99-105(94,95)101-77-82(75-97-84(89)69-63-57-51-47-46-49-55-61-67-79(5)6)103-86(91)71-65-59-53-45-41-37-36-38-42-48-54-60-66-78(3)4/h78-82,87H,7-77H2,1-6H3,(H,92,93)(H,94,95)/t80-,81-,82-/m1/s1. The zero-order valence-corrected chi connectivity index (χ0v) is 70.8. The molecule has 0 saturated carbocycles. The summed E-state index contributed by atoms with van der Waals surface area (Å²) in [7, 11) is -9.93. The quantitative estimate of drug-likeness (QED) is 0.0222. The molecule has 19 heteroatoms. The van der Waals surface area contributed by atoms with E-state index in [9.17, 15) is 43.2 Å². The van der Waals surface area contributed by atoms with Crippen LogP contribution in [0.3, 0.4) is 0 Å².